The minimum absolute atomic E-state index is 0.0995. The number of fused-ring (bicyclic) bond motifs is 1. The van der Waals surface area contributed by atoms with Crippen molar-refractivity contribution >= 4 is 22.5 Å². The number of nitrogens with zero attached hydrogens (tertiary/aromatic N) is 1. The summed E-state index contributed by atoms with van der Waals surface area (Å²) in [6.07, 6.45) is -2.78. The molecule has 152 valence electrons. The summed E-state index contributed by atoms with van der Waals surface area (Å²) in [7, 11) is 0. The molecule has 1 N–H and O–H groups in total. The van der Waals surface area contributed by atoms with E-state index >= 15 is 0 Å². The Labute approximate surface area is 167 Å². The molecule has 0 radical (unpaired) electrons. The Morgan fingerprint density at radius 1 is 1.21 bits per heavy atom. The van der Waals surface area contributed by atoms with Crippen LogP contribution in [0.4, 0.5) is 18.9 Å². The Morgan fingerprint density at radius 3 is 2.55 bits per heavy atom. The first-order chi connectivity index (χ1) is 13.6. The van der Waals surface area contributed by atoms with Crippen LogP contribution < -0.4 is 5.32 Å². The van der Waals surface area contributed by atoms with Crippen molar-refractivity contribution in [1.29, 1.82) is 0 Å². The minimum atomic E-state index is -4.47. The highest BCUT2D eigenvalue weighted by Crippen LogP contribution is 2.32. The molecule has 3 rings (SSSR count). The molecular weight excluding hydrogens is 377 g/mol. The average molecular weight is 400 g/mol. The molecule has 0 fully saturated rings. The number of benzene rings is 2. The van der Waals surface area contributed by atoms with Gasteiger partial charge >= 0.3 is 6.18 Å². The predicted molar refractivity (Wildman–Crippen MR) is 110 cm³/mol. The van der Waals surface area contributed by atoms with Gasteiger partial charge in [0.15, 0.2) is 0 Å². The smallest absolute Gasteiger partial charge is 0.332 e. The van der Waals surface area contributed by atoms with Gasteiger partial charge in [0.05, 0.1) is 5.56 Å². The number of alkyl halides is 3. The van der Waals surface area contributed by atoms with Gasteiger partial charge in [-0.25, -0.2) is 0 Å². The monoisotopic (exact) mass is 400 g/mol. The number of nitrogens with one attached hydrogen (secondary N) is 1. The van der Waals surface area contributed by atoms with E-state index in [9.17, 15) is 18.0 Å². The molecule has 0 bridgehead atoms. The van der Waals surface area contributed by atoms with E-state index in [1.807, 2.05) is 23.6 Å². The first-order valence-corrected chi connectivity index (χ1v) is 9.35. The third kappa shape index (κ3) is 4.06. The summed E-state index contributed by atoms with van der Waals surface area (Å²) < 4.78 is 40.8. The van der Waals surface area contributed by atoms with Crippen molar-refractivity contribution in [1.82, 2.24) is 4.57 Å². The summed E-state index contributed by atoms with van der Waals surface area (Å²) in [5.41, 5.74) is 2.54. The molecule has 6 heteroatoms. The molecule has 0 saturated carbocycles. The van der Waals surface area contributed by atoms with Gasteiger partial charge in [0.25, 0.3) is 5.91 Å². The highest BCUT2D eigenvalue weighted by molar-refractivity contribution is 6.08. The fourth-order valence-corrected chi connectivity index (χ4v) is 3.47. The number of anilines is 1. The quantitative estimate of drug-likeness (QED) is 0.486. The number of carbonyl (C=O) groups excluding carboxylic acids is 1. The maximum atomic E-state index is 13.0. The summed E-state index contributed by atoms with van der Waals surface area (Å²) in [6.45, 7) is 10.2. The Balaban J connectivity index is 2.06. The van der Waals surface area contributed by atoms with Crippen LogP contribution in [0.1, 0.15) is 46.9 Å². The number of amides is 1. The van der Waals surface area contributed by atoms with E-state index in [0.717, 1.165) is 34.2 Å². The summed E-state index contributed by atoms with van der Waals surface area (Å²) in [6, 6.07) is 10.7. The van der Waals surface area contributed by atoms with Crippen LogP contribution in [0.25, 0.3) is 10.9 Å². The number of aryl methyl sites for hydroxylation is 1. The van der Waals surface area contributed by atoms with Gasteiger partial charge in [0.1, 0.15) is 5.69 Å². The van der Waals surface area contributed by atoms with Gasteiger partial charge in [-0.05, 0) is 54.3 Å². The van der Waals surface area contributed by atoms with Crippen molar-refractivity contribution in [3.63, 3.8) is 0 Å². The Bertz CT molecular complexity index is 1080. The fourth-order valence-electron chi connectivity index (χ4n) is 3.47. The lowest BCUT2D eigenvalue weighted by Crippen LogP contribution is -2.18. The van der Waals surface area contributed by atoms with Crippen molar-refractivity contribution in [2.24, 2.45) is 0 Å². The Morgan fingerprint density at radius 2 is 1.93 bits per heavy atom. The van der Waals surface area contributed by atoms with Crippen LogP contribution in [0.3, 0.4) is 0 Å². The molecule has 0 unspecified atom stereocenters. The van der Waals surface area contributed by atoms with Crippen molar-refractivity contribution in [3.05, 3.63) is 77.5 Å². The van der Waals surface area contributed by atoms with E-state index in [1.54, 1.807) is 6.08 Å². The standard InChI is InChI=1S/C23H23F3N2O/c1-5-11-28-20-10-9-16(14(2)3)12-19(20)15(4)21(28)22(29)27-18-8-6-7-17(13-18)23(24,25)26/h5-10,12-14H,1,11H2,2-4H3,(H,27,29). The van der Waals surface area contributed by atoms with Crippen molar-refractivity contribution in [3.8, 4) is 0 Å². The van der Waals surface area contributed by atoms with Gasteiger partial charge < -0.3 is 9.88 Å². The average Bonchev–Trinajstić information content (AvgIpc) is 2.93. The summed E-state index contributed by atoms with van der Waals surface area (Å²) in [4.78, 5) is 13.0. The van der Waals surface area contributed by atoms with Gasteiger partial charge in [-0.2, -0.15) is 13.2 Å². The van der Waals surface area contributed by atoms with Crippen molar-refractivity contribution in [2.45, 2.75) is 39.4 Å². The third-order valence-corrected chi connectivity index (χ3v) is 4.98. The molecule has 0 saturated heterocycles. The lowest BCUT2D eigenvalue weighted by molar-refractivity contribution is -0.137. The number of aromatic nitrogens is 1. The fraction of sp³-hybridized carbons (Fsp3) is 0.261. The Hall–Kier alpha value is -3.02. The van der Waals surface area contributed by atoms with Gasteiger partial charge in [-0.3, -0.25) is 4.79 Å². The van der Waals surface area contributed by atoms with Crippen LogP contribution in [0.15, 0.2) is 55.1 Å². The molecule has 1 amide bonds. The second-order valence-corrected chi connectivity index (χ2v) is 7.34. The van der Waals surface area contributed by atoms with Crippen LogP contribution in [-0.4, -0.2) is 10.5 Å². The van der Waals surface area contributed by atoms with Gasteiger partial charge in [0, 0.05) is 23.1 Å². The first-order valence-electron chi connectivity index (χ1n) is 9.35. The number of carbonyl (C=O) groups is 1. The minimum Gasteiger partial charge on any atom is -0.332 e. The normalized spacial score (nSPS) is 11.8. The van der Waals surface area contributed by atoms with E-state index in [4.69, 9.17) is 0 Å². The molecular formula is C23H23F3N2O. The van der Waals surface area contributed by atoms with E-state index in [2.05, 4.69) is 31.8 Å². The number of hydrogen-bond donors (Lipinski definition) is 1. The maximum absolute atomic E-state index is 13.0. The second kappa shape index (κ2) is 7.78. The van der Waals surface area contributed by atoms with Crippen molar-refractivity contribution in [2.75, 3.05) is 5.32 Å². The van der Waals surface area contributed by atoms with E-state index < -0.39 is 17.6 Å². The van der Waals surface area contributed by atoms with E-state index in [1.165, 1.54) is 12.1 Å². The second-order valence-electron chi connectivity index (χ2n) is 7.34. The van der Waals surface area contributed by atoms with Gasteiger partial charge in [-0.1, -0.05) is 32.1 Å². The number of halogens is 3. The molecule has 0 atom stereocenters. The van der Waals surface area contributed by atoms with Crippen LogP contribution in [-0.2, 0) is 12.7 Å². The van der Waals surface area contributed by atoms with Crippen LogP contribution >= 0.6 is 0 Å². The van der Waals surface area contributed by atoms with Crippen LogP contribution in [0, 0.1) is 6.92 Å². The zero-order valence-electron chi connectivity index (χ0n) is 16.6. The molecule has 29 heavy (non-hydrogen) atoms. The first kappa shape index (κ1) is 20.7. The largest absolute Gasteiger partial charge is 0.416 e. The number of rotatable bonds is 5. The molecule has 0 aliphatic carbocycles. The summed E-state index contributed by atoms with van der Waals surface area (Å²) in [5.74, 6) is -0.116. The van der Waals surface area contributed by atoms with Gasteiger partial charge in [-0.15, -0.1) is 6.58 Å². The SMILES string of the molecule is C=CCn1c(C(=O)Nc2cccc(C(F)(F)F)c2)c(C)c2cc(C(C)C)ccc21. The molecule has 1 heterocycles. The summed E-state index contributed by atoms with van der Waals surface area (Å²) in [5, 5.41) is 3.57. The molecule has 3 aromatic rings. The highest BCUT2D eigenvalue weighted by Gasteiger charge is 2.30. The number of hydrogen-bond acceptors (Lipinski definition) is 1. The Kier molecular flexibility index (Phi) is 5.55. The zero-order valence-corrected chi connectivity index (χ0v) is 16.6. The lowest BCUT2D eigenvalue weighted by atomic mass is 10.0. The lowest BCUT2D eigenvalue weighted by Gasteiger charge is -2.12. The molecule has 0 aliphatic rings. The molecule has 1 aromatic heterocycles. The molecule has 0 spiro atoms. The topological polar surface area (TPSA) is 34.0 Å². The highest BCUT2D eigenvalue weighted by atomic mass is 19.4. The van der Waals surface area contributed by atoms with E-state index in [-0.39, 0.29) is 5.69 Å². The third-order valence-electron chi connectivity index (χ3n) is 4.98. The molecule has 2 aromatic carbocycles. The van der Waals surface area contributed by atoms with Crippen LogP contribution in [0.2, 0.25) is 0 Å². The van der Waals surface area contributed by atoms with E-state index in [0.29, 0.717) is 18.2 Å². The van der Waals surface area contributed by atoms with Crippen molar-refractivity contribution < 1.29 is 18.0 Å². The van der Waals surface area contributed by atoms with Crippen LogP contribution in [0.5, 0.6) is 0 Å². The number of allylic oxidation sites excluding steroid dienone is 1. The predicted octanol–water partition coefficient (Wildman–Crippen LogP) is 6.53. The zero-order chi connectivity index (χ0) is 21.3. The molecule has 3 nitrogen and oxygen atoms in total. The van der Waals surface area contributed by atoms with Gasteiger partial charge in [0.2, 0.25) is 0 Å². The maximum Gasteiger partial charge on any atom is 0.416 e. The molecule has 0 aliphatic heterocycles. The summed E-state index contributed by atoms with van der Waals surface area (Å²) >= 11 is 0.